The first-order valence-electron chi connectivity index (χ1n) is 5.24. The first-order valence-corrected chi connectivity index (χ1v) is 5.24. The van der Waals surface area contributed by atoms with Gasteiger partial charge in [-0.25, -0.2) is 4.39 Å². The second-order valence-electron chi connectivity index (χ2n) is 3.66. The van der Waals surface area contributed by atoms with E-state index in [1.54, 1.807) is 12.1 Å². The normalized spacial score (nSPS) is 10.6. The van der Waals surface area contributed by atoms with Gasteiger partial charge in [0.1, 0.15) is 17.3 Å². The molecule has 1 aromatic heterocycles. The van der Waals surface area contributed by atoms with E-state index in [-0.39, 0.29) is 18.1 Å². The average Bonchev–Trinajstić information content (AvgIpc) is 2.78. The third-order valence-electron chi connectivity index (χ3n) is 2.49. The highest BCUT2D eigenvalue weighted by Gasteiger charge is 2.19. The molecule has 0 saturated carbocycles. The van der Waals surface area contributed by atoms with Gasteiger partial charge in [0.25, 0.3) is 0 Å². The maximum absolute atomic E-state index is 14.3. The number of ether oxygens (including phenoxy) is 2. The van der Waals surface area contributed by atoms with Crippen molar-refractivity contribution < 1.29 is 18.4 Å². The van der Waals surface area contributed by atoms with Gasteiger partial charge in [-0.05, 0) is 6.07 Å². The van der Waals surface area contributed by atoms with E-state index in [1.165, 1.54) is 20.3 Å². The van der Waals surface area contributed by atoms with E-state index < -0.39 is 5.82 Å². The summed E-state index contributed by atoms with van der Waals surface area (Å²) in [5.41, 5.74) is 6.36. The summed E-state index contributed by atoms with van der Waals surface area (Å²) >= 11 is 0. The molecule has 2 N–H and O–H groups in total. The summed E-state index contributed by atoms with van der Waals surface area (Å²) in [4.78, 5) is 0. The molecule has 0 bridgehead atoms. The molecule has 0 amide bonds. The van der Waals surface area contributed by atoms with Crippen LogP contribution in [0.25, 0.3) is 11.3 Å². The lowest BCUT2D eigenvalue weighted by Gasteiger charge is -2.10. The molecule has 18 heavy (non-hydrogen) atoms. The summed E-state index contributed by atoms with van der Waals surface area (Å²) in [5.74, 6) is 0.0220. The number of anilines is 1. The predicted octanol–water partition coefficient (Wildman–Crippen LogP) is 2.22. The molecular formula is C12H13FN2O3. The number of halogens is 1. The molecule has 5 nitrogen and oxygen atoms in total. The molecule has 0 radical (unpaired) electrons. The molecule has 0 aliphatic rings. The number of hydrogen-bond donors (Lipinski definition) is 1. The van der Waals surface area contributed by atoms with Crippen LogP contribution < -0.4 is 10.5 Å². The number of aromatic nitrogens is 1. The summed E-state index contributed by atoms with van der Waals surface area (Å²) < 4.78 is 29.1. The van der Waals surface area contributed by atoms with E-state index in [0.29, 0.717) is 17.0 Å². The Balaban J connectivity index is 2.58. The lowest BCUT2D eigenvalue weighted by Crippen LogP contribution is -1.98. The van der Waals surface area contributed by atoms with Crippen LogP contribution in [0.4, 0.5) is 10.3 Å². The van der Waals surface area contributed by atoms with Gasteiger partial charge in [-0.1, -0.05) is 11.2 Å². The van der Waals surface area contributed by atoms with Gasteiger partial charge in [0, 0.05) is 18.7 Å². The van der Waals surface area contributed by atoms with Crippen molar-refractivity contribution in [3.05, 3.63) is 29.6 Å². The number of nitrogens with zero attached hydrogens (tertiary/aromatic N) is 1. The summed E-state index contributed by atoms with van der Waals surface area (Å²) in [6.07, 6.45) is 0. The third kappa shape index (κ3) is 2.14. The van der Waals surface area contributed by atoms with E-state index in [1.807, 2.05) is 0 Å². The van der Waals surface area contributed by atoms with Crippen molar-refractivity contribution in [1.82, 2.24) is 5.16 Å². The molecule has 6 heteroatoms. The maximum Gasteiger partial charge on any atom is 0.222 e. The zero-order valence-corrected chi connectivity index (χ0v) is 10.1. The number of benzene rings is 1. The zero-order valence-electron chi connectivity index (χ0n) is 10.1. The van der Waals surface area contributed by atoms with Gasteiger partial charge in [-0.2, -0.15) is 0 Å². The number of methoxy groups -OCH3 is 2. The van der Waals surface area contributed by atoms with Crippen LogP contribution in [0, 0.1) is 5.82 Å². The van der Waals surface area contributed by atoms with E-state index in [2.05, 4.69) is 5.16 Å². The zero-order chi connectivity index (χ0) is 13.1. The van der Waals surface area contributed by atoms with E-state index in [9.17, 15) is 4.39 Å². The summed E-state index contributed by atoms with van der Waals surface area (Å²) in [7, 11) is 2.95. The van der Waals surface area contributed by atoms with Gasteiger partial charge in [-0.15, -0.1) is 0 Å². The quantitative estimate of drug-likeness (QED) is 0.903. The molecule has 0 unspecified atom stereocenters. The van der Waals surface area contributed by atoms with Crippen molar-refractivity contribution in [3.8, 4) is 17.0 Å². The Morgan fingerprint density at radius 3 is 2.72 bits per heavy atom. The highest BCUT2D eigenvalue weighted by Crippen LogP contribution is 2.34. The van der Waals surface area contributed by atoms with Crippen LogP contribution in [-0.4, -0.2) is 19.4 Å². The molecule has 0 saturated heterocycles. The number of nitrogen functional groups attached to an aromatic ring is 1. The molecule has 0 atom stereocenters. The van der Waals surface area contributed by atoms with Gasteiger partial charge in [0.15, 0.2) is 0 Å². The molecule has 2 rings (SSSR count). The van der Waals surface area contributed by atoms with Crippen molar-refractivity contribution in [2.24, 2.45) is 0 Å². The van der Waals surface area contributed by atoms with Crippen molar-refractivity contribution in [2.75, 3.05) is 20.0 Å². The van der Waals surface area contributed by atoms with Crippen LogP contribution in [0.2, 0.25) is 0 Å². The van der Waals surface area contributed by atoms with Gasteiger partial charge in [0.2, 0.25) is 5.88 Å². The van der Waals surface area contributed by atoms with E-state index >= 15 is 0 Å². The minimum absolute atomic E-state index is 0.114. The molecule has 0 aliphatic carbocycles. The summed E-state index contributed by atoms with van der Waals surface area (Å²) in [6, 6.07) is 4.69. The van der Waals surface area contributed by atoms with E-state index in [4.69, 9.17) is 19.7 Å². The van der Waals surface area contributed by atoms with Crippen LogP contribution in [0.1, 0.15) is 5.56 Å². The first kappa shape index (κ1) is 12.4. The topological polar surface area (TPSA) is 70.5 Å². The minimum atomic E-state index is -0.454. The number of rotatable bonds is 4. The molecule has 2 aromatic rings. The fourth-order valence-corrected chi connectivity index (χ4v) is 1.68. The van der Waals surface area contributed by atoms with Crippen LogP contribution in [0.5, 0.6) is 5.75 Å². The van der Waals surface area contributed by atoms with Gasteiger partial charge < -0.3 is 19.7 Å². The minimum Gasteiger partial charge on any atom is -0.496 e. The van der Waals surface area contributed by atoms with Crippen LogP contribution in [0.3, 0.4) is 0 Å². The Morgan fingerprint density at radius 2 is 2.17 bits per heavy atom. The van der Waals surface area contributed by atoms with Crippen LogP contribution >= 0.6 is 0 Å². The maximum atomic E-state index is 14.3. The molecule has 1 aromatic carbocycles. The van der Waals surface area contributed by atoms with E-state index in [0.717, 1.165) is 0 Å². The second kappa shape index (κ2) is 5.05. The Kier molecular flexibility index (Phi) is 3.47. The molecule has 0 spiro atoms. The lowest BCUT2D eigenvalue weighted by atomic mass is 10.1. The second-order valence-corrected chi connectivity index (χ2v) is 3.66. The summed E-state index contributed by atoms with van der Waals surface area (Å²) in [5, 5.41) is 3.70. The van der Waals surface area contributed by atoms with Crippen molar-refractivity contribution in [3.63, 3.8) is 0 Å². The SMILES string of the molecule is COCc1ccc(OC)c(-c2cc(N)on2)c1F. The number of hydrogen-bond acceptors (Lipinski definition) is 5. The molecular weight excluding hydrogens is 239 g/mol. The Labute approximate surface area is 103 Å². The molecule has 1 heterocycles. The van der Waals surface area contributed by atoms with Gasteiger partial charge in [0.05, 0.1) is 19.3 Å². The fourth-order valence-electron chi connectivity index (χ4n) is 1.68. The molecule has 96 valence electrons. The first-order chi connectivity index (χ1) is 8.67. The third-order valence-corrected chi connectivity index (χ3v) is 2.49. The van der Waals surface area contributed by atoms with Gasteiger partial charge >= 0.3 is 0 Å². The standard InChI is InChI=1S/C12H13FN2O3/c1-16-6-7-3-4-9(17-2)11(12(7)13)8-5-10(14)18-15-8/h3-5H,6,14H2,1-2H3. The van der Waals surface area contributed by atoms with Crippen molar-refractivity contribution in [2.45, 2.75) is 6.61 Å². The molecule has 0 aliphatic heterocycles. The highest BCUT2D eigenvalue weighted by atomic mass is 19.1. The van der Waals surface area contributed by atoms with Gasteiger partial charge in [-0.3, -0.25) is 0 Å². The monoisotopic (exact) mass is 252 g/mol. The average molecular weight is 252 g/mol. The Hall–Kier alpha value is -2.08. The van der Waals surface area contributed by atoms with Crippen LogP contribution in [-0.2, 0) is 11.3 Å². The predicted molar refractivity (Wildman–Crippen MR) is 63.6 cm³/mol. The fraction of sp³-hybridized carbons (Fsp3) is 0.250. The molecule has 0 fully saturated rings. The van der Waals surface area contributed by atoms with Crippen molar-refractivity contribution in [1.29, 1.82) is 0 Å². The summed E-state index contributed by atoms with van der Waals surface area (Å²) in [6.45, 7) is 0.163. The number of nitrogens with two attached hydrogens (primary N) is 1. The largest absolute Gasteiger partial charge is 0.496 e. The lowest BCUT2D eigenvalue weighted by molar-refractivity contribution is 0.181. The van der Waals surface area contributed by atoms with Crippen molar-refractivity contribution >= 4 is 5.88 Å². The smallest absolute Gasteiger partial charge is 0.222 e. The Bertz CT molecular complexity index is 554. The highest BCUT2D eigenvalue weighted by molar-refractivity contribution is 5.70. The Morgan fingerprint density at radius 1 is 1.39 bits per heavy atom. The van der Waals surface area contributed by atoms with Crippen LogP contribution in [0.15, 0.2) is 22.7 Å².